The Balaban J connectivity index is 1.58. The van der Waals surface area contributed by atoms with Gasteiger partial charge in [-0.15, -0.1) is 0 Å². The number of benzene rings is 2. The molecule has 0 saturated carbocycles. The standard InChI is InChI=1S/C24H25F2N3O4/c25-15-24(16-31-13-17-7-3-1-4-8-17)21(32-14-18-9-5-2-6-10-18)20(26)22(33-24)29-12-11-19(27)28-23(29)30/h1-12,20-22H,13-16H2,(H2,27,28,30)/t20-,21+,22-,24-/m1/s1. The van der Waals surface area contributed by atoms with Crippen molar-refractivity contribution < 1.29 is 23.0 Å². The van der Waals surface area contributed by atoms with Crippen molar-refractivity contribution in [1.29, 1.82) is 0 Å². The van der Waals surface area contributed by atoms with E-state index in [1.165, 1.54) is 12.3 Å². The molecule has 1 aliphatic rings. The lowest BCUT2D eigenvalue weighted by Crippen LogP contribution is -2.49. The highest BCUT2D eigenvalue weighted by Crippen LogP contribution is 2.41. The molecule has 0 radical (unpaired) electrons. The summed E-state index contributed by atoms with van der Waals surface area (Å²) in [6.07, 6.45) is -3.35. The summed E-state index contributed by atoms with van der Waals surface area (Å²) >= 11 is 0. The van der Waals surface area contributed by atoms with Gasteiger partial charge in [-0.25, -0.2) is 13.6 Å². The number of anilines is 1. The number of alkyl halides is 2. The van der Waals surface area contributed by atoms with Crippen molar-refractivity contribution in [2.45, 2.75) is 37.3 Å². The Bertz CT molecular complexity index is 1100. The minimum atomic E-state index is -1.85. The normalized spacial score (nSPS) is 24.7. The molecule has 0 aliphatic carbocycles. The zero-order chi connectivity index (χ0) is 23.3. The maximum absolute atomic E-state index is 15.7. The molecule has 1 aromatic heterocycles. The first-order valence-corrected chi connectivity index (χ1v) is 10.5. The second-order valence-electron chi connectivity index (χ2n) is 7.89. The largest absolute Gasteiger partial charge is 0.383 e. The summed E-state index contributed by atoms with van der Waals surface area (Å²) in [7, 11) is 0. The predicted molar refractivity (Wildman–Crippen MR) is 118 cm³/mol. The van der Waals surface area contributed by atoms with Gasteiger partial charge >= 0.3 is 5.69 Å². The van der Waals surface area contributed by atoms with E-state index in [0.29, 0.717) is 0 Å². The van der Waals surface area contributed by atoms with Crippen LogP contribution in [-0.2, 0) is 27.4 Å². The van der Waals surface area contributed by atoms with E-state index in [1.54, 1.807) is 0 Å². The van der Waals surface area contributed by atoms with Gasteiger partial charge in [0.2, 0.25) is 0 Å². The lowest BCUT2D eigenvalue weighted by molar-refractivity contribution is -0.165. The van der Waals surface area contributed by atoms with Crippen LogP contribution in [-0.4, -0.2) is 40.7 Å². The van der Waals surface area contributed by atoms with Gasteiger partial charge in [0.15, 0.2) is 18.0 Å². The third-order valence-electron chi connectivity index (χ3n) is 5.52. The molecule has 2 heterocycles. The highest BCUT2D eigenvalue weighted by molar-refractivity contribution is 5.24. The molecule has 3 aromatic rings. The highest BCUT2D eigenvalue weighted by atomic mass is 19.1. The molecule has 0 unspecified atom stereocenters. The molecule has 1 fully saturated rings. The number of nitrogen functional groups attached to an aromatic ring is 1. The average molecular weight is 457 g/mol. The Morgan fingerprint density at radius 1 is 1.03 bits per heavy atom. The first-order chi connectivity index (χ1) is 16.0. The number of nitrogens with zero attached hydrogens (tertiary/aromatic N) is 2. The number of rotatable bonds is 9. The van der Waals surface area contributed by atoms with Crippen molar-refractivity contribution in [1.82, 2.24) is 9.55 Å². The zero-order valence-electron chi connectivity index (χ0n) is 17.8. The summed E-state index contributed by atoms with van der Waals surface area (Å²) in [6.45, 7) is -1.12. The molecule has 33 heavy (non-hydrogen) atoms. The fourth-order valence-corrected chi connectivity index (χ4v) is 3.82. The van der Waals surface area contributed by atoms with Crippen LogP contribution in [0.3, 0.4) is 0 Å². The van der Waals surface area contributed by atoms with Crippen LogP contribution in [0.2, 0.25) is 0 Å². The monoisotopic (exact) mass is 457 g/mol. The van der Waals surface area contributed by atoms with Crippen LogP contribution < -0.4 is 11.4 Å². The van der Waals surface area contributed by atoms with Crippen LogP contribution in [0.15, 0.2) is 77.7 Å². The molecule has 2 N–H and O–H groups in total. The number of aromatic nitrogens is 2. The molecule has 9 heteroatoms. The maximum Gasteiger partial charge on any atom is 0.351 e. The fraction of sp³-hybridized carbons (Fsp3) is 0.333. The van der Waals surface area contributed by atoms with Crippen LogP contribution >= 0.6 is 0 Å². The molecule has 1 saturated heterocycles. The molecule has 0 amide bonds. The minimum Gasteiger partial charge on any atom is -0.383 e. The second-order valence-corrected chi connectivity index (χ2v) is 7.89. The zero-order valence-corrected chi connectivity index (χ0v) is 17.8. The van der Waals surface area contributed by atoms with E-state index in [-0.39, 0.29) is 25.6 Å². The van der Waals surface area contributed by atoms with E-state index in [1.807, 2.05) is 60.7 Å². The van der Waals surface area contributed by atoms with Gasteiger partial charge in [-0.1, -0.05) is 60.7 Å². The molecule has 0 spiro atoms. The Hall–Kier alpha value is -3.14. The lowest BCUT2D eigenvalue weighted by atomic mass is 9.97. The average Bonchev–Trinajstić information content (AvgIpc) is 3.10. The van der Waals surface area contributed by atoms with E-state index >= 15 is 4.39 Å². The van der Waals surface area contributed by atoms with Gasteiger partial charge in [0.25, 0.3) is 0 Å². The fourth-order valence-electron chi connectivity index (χ4n) is 3.82. The maximum atomic E-state index is 15.7. The molecule has 4 atom stereocenters. The highest BCUT2D eigenvalue weighted by Gasteiger charge is 2.58. The Labute approximate surface area is 189 Å². The molecule has 0 bridgehead atoms. The van der Waals surface area contributed by atoms with Crippen LogP contribution in [0.4, 0.5) is 14.6 Å². The minimum absolute atomic E-state index is 0.00974. The van der Waals surface area contributed by atoms with Gasteiger partial charge in [0.1, 0.15) is 18.6 Å². The molecule has 1 aliphatic heterocycles. The van der Waals surface area contributed by atoms with E-state index < -0.39 is 36.5 Å². The first-order valence-electron chi connectivity index (χ1n) is 10.5. The lowest BCUT2D eigenvalue weighted by Gasteiger charge is -2.31. The summed E-state index contributed by atoms with van der Waals surface area (Å²) < 4.78 is 48.5. The molecule has 4 rings (SSSR count). The number of hydrogen-bond donors (Lipinski definition) is 1. The second kappa shape index (κ2) is 10.2. The molecule has 7 nitrogen and oxygen atoms in total. The number of hydrogen-bond acceptors (Lipinski definition) is 6. The van der Waals surface area contributed by atoms with Crippen LogP contribution in [0.25, 0.3) is 0 Å². The van der Waals surface area contributed by atoms with Gasteiger partial charge < -0.3 is 19.9 Å². The van der Waals surface area contributed by atoms with E-state index in [2.05, 4.69) is 4.98 Å². The Kier molecular flexibility index (Phi) is 7.12. The molecule has 174 valence electrons. The summed E-state index contributed by atoms with van der Waals surface area (Å²) in [5.41, 5.74) is 4.64. The molecular formula is C24H25F2N3O4. The van der Waals surface area contributed by atoms with Gasteiger partial charge in [-0.05, 0) is 17.2 Å². The molecule has 2 aromatic carbocycles. The number of ether oxygens (including phenoxy) is 3. The van der Waals surface area contributed by atoms with Gasteiger partial charge in [0.05, 0.1) is 19.8 Å². The summed E-state index contributed by atoms with van der Waals surface area (Å²) in [5.74, 6) is -0.00974. The summed E-state index contributed by atoms with van der Waals surface area (Å²) in [5, 5.41) is 0. The van der Waals surface area contributed by atoms with Crippen molar-refractivity contribution in [3.8, 4) is 0 Å². The quantitative estimate of drug-likeness (QED) is 0.531. The van der Waals surface area contributed by atoms with Crippen molar-refractivity contribution in [2.75, 3.05) is 19.0 Å². The van der Waals surface area contributed by atoms with Crippen molar-refractivity contribution in [2.24, 2.45) is 0 Å². The molecular weight excluding hydrogens is 432 g/mol. The van der Waals surface area contributed by atoms with E-state index in [4.69, 9.17) is 19.9 Å². The van der Waals surface area contributed by atoms with Crippen LogP contribution in [0.5, 0.6) is 0 Å². The van der Waals surface area contributed by atoms with Crippen LogP contribution in [0.1, 0.15) is 17.4 Å². The number of nitrogens with two attached hydrogens (primary N) is 1. The smallest absolute Gasteiger partial charge is 0.351 e. The summed E-state index contributed by atoms with van der Waals surface area (Å²) in [6, 6.07) is 19.8. The van der Waals surface area contributed by atoms with E-state index in [0.717, 1.165) is 15.7 Å². The Morgan fingerprint density at radius 3 is 2.27 bits per heavy atom. The summed E-state index contributed by atoms with van der Waals surface area (Å²) in [4.78, 5) is 15.9. The topological polar surface area (TPSA) is 88.6 Å². The van der Waals surface area contributed by atoms with E-state index in [9.17, 15) is 9.18 Å². The van der Waals surface area contributed by atoms with Gasteiger partial charge in [0, 0.05) is 6.20 Å². The first kappa shape index (κ1) is 23.0. The number of halogens is 2. The predicted octanol–water partition coefficient (Wildman–Crippen LogP) is 3.20. The van der Waals surface area contributed by atoms with Crippen molar-refractivity contribution in [3.05, 3.63) is 94.5 Å². The van der Waals surface area contributed by atoms with Crippen molar-refractivity contribution in [3.63, 3.8) is 0 Å². The third kappa shape index (κ3) is 5.11. The van der Waals surface area contributed by atoms with Crippen LogP contribution in [0, 0.1) is 0 Å². The van der Waals surface area contributed by atoms with Gasteiger partial charge in [-0.3, -0.25) is 4.57 Å². The van der Waals surface area contributed by atoms with Gasteiger partial charge in [-0.2, -0.15) is 4.98 Å². The third-order valence-corrected chi connectivity index (χ3v) is 5.52. The Morgan fingerprint density at radius 2 is 1.67 bits per heavy atom. The van der Waals surface area contributed by atoms with Crippen molar-refractivity contribution >= 4 is 5.82 Å². The SMILES string of the molecule is Nc1ccn([C@@H]2O[C@](CF)(COCc3ccccc3)[C@@H](OCc3ccccc3)[C@H]2F)c(=O)n1.